The Hall–Kier alpha value is -0.714. The van der Waals surface area contributed by atoms with Gasteiger partial charge in [0.2, 0.25) is 0 Å². The third-order valence-electron chi connectivity index (χ3n) is 2.07. The van der Waals surface area contributed by atoms with Gasteiger partial charge in [-0.05, 0) is 29.0 Å². The minimum Gasteiger partial charge on any atom is -0.478 e. The van der Waals surface area contributed by atoms with Crippen molar-refractivity contribution in [3.8, 4) is 0 Å². The van der Waals surface area contributed by atoms with Crippen LogP contribution in [0.1, 0.15) is 10.4 Å². The zero-order chi connectivity index (χ0) is 10.1. The number of aromatic carboxylic acids is 1. The zero-order valence-corrected chi connectivity index (χ0v) is 11.8. The second kappa shape index (κ2) is 4.87. The van der Waals surface area contributed by atoms with Crippen molar-refractivity contribution in [3.63, 3.8) is 0 Å². The van der Waals surface area contributed by atoms with Gasteiger partial charge in [0.05, 0.1) is 5.56 Å². The van der Waals surface area contributed by atoms with Crippen LogP contribution in [0.5, 0.6) is 0 Å². The average molecular weight is 321 g/mol. The van der Waals surface area contributed by atoms with E-state index in [1.54, 1.807) is 12.1 Å². The van der Waals surface area contributed by atoms with Gasteiger partial charge in [-0.1, -0.05) is 34.1 Å². The number of hydrogen-bond donors (Lipinski definition) is 1. The van der Waals surface area contributed by atoms with E-state index in [9.17, 15) is 4.79 Å². The van der Waals surface area contributed by atoms with Gasteiger partial charge >= 0.3 is 5.97 Å². The second-order valence-electron chi connectivity index (χ2n) is 2.98. The summed E-state index contributed by atoms with van der Waals surface area (Å²) in [7, 11) is 0. The van der Waals surface area contributed by atoms with Crippen molar-refractivity contribution in [2.75, 3.05) is 0 Å². The van der Waals surface area contributed by atoms with Gasteiger partial charge < -0.3 is 5.11 Å². The Balaban J connectivity index is 0.00000112. The first-order chi connectivity index (χ1) is 6.68. The van der Waals surface area contributed by atoms with Gasteiger partial charge in [-0.15, -0.1) is 0 Å². The van der Waals surface area contributed by atoms with Gasteiger partial charge in [0, 0.05) is 24.3 Å². The van der Waals surface area contributed by atoms with Gasteiger partial charge in [0.25, 0.3) is 0 Å². The first-order valence-electron chi connectivity index (χ1n) is 4.10. The second-order valence-corrected chi connectivity index (χ2v) is 3.89. The predicted octanol–water partition coefficient (Wildman–Crippen LogP) is 2.92. The van der Waals surface area contributed by atoms with Gasteiger partial charge in [-0.3, -0.25) is 0 Å². The summed E-state index contributed by atoms with van der Waals surface area (Å²) in [4.78, 5) is 10.9. The molecule has 2 aromatic carbocycles. The molecule has 4 heteroatoms. The van der Waals surface area contributed by atoms with Crippen molar-refractivity contribution in [1.82, 2.24) is 0 Å². The molecule has 0 saturated carbocycles. The molecular weight excluding hydrogens is 314 g/mol. The van der Waals surface area contributed by atoms with Crippen molar-refractivity contribution >= 4 is 52.5 Å². The average Bonchev–Trinajstić information content (AvgIpc) is 2.16. The van der Waals surface area contributed by atoms with Crippen LogP contribution in [-0.4, -0.2) is 30.9 Å². The molecule has 73 valence electrons. The number of rotatable bonds is 1. The first-order valence-corrected chi connectivity index (χ1v) is 4.89. The molecule has 0 bridgehead atoms. The minimum atomic E-state index is -0.895. The fourth-order valence-corrected chi connectivity index (χ4v) is 1.79. The smallest absolute Gasteiger partial charge is 0.336 e. The topological polar surface area (TPSA) is 37.3 Å². The van der Waals surface area contributed by atoms with E-state index in [2.05, 4.69) is 15.9 Å². The molecule has 0 spiro atoms. The Labute approximate surface area is 108 Å². The molecule has 0 aliphatic rings. The quantitative estimate of drug-likeness (QED) is 0.820. The van der Waals surface area contributed by atoms with Crippen LogP contribution >= 0.6 is 15.9 Å². The number of benzene rings is 2. The monoisotopic (exact) mass is 319 g/mol. The molecule has 0 fully saturated rings. The molecule has 2 rings (SSSR count). The van der Waals surface area contributed by atoms with E-state index in [-0.39, 0.29) is 19.8 Å². The molecular formula is C11H7BrGaO2. The summed E-state index contributed by atoms with van der Waals surface area (Å²) in [5, 5.41) is 10.7. The summed E-state index contributed by atoms with van der Waals surface area (Å²) in [6, 6.07) is 10.9. The molecule has 1 N–H and O–H groups in total. The maximum absolute atomic E-state index is 10.9. The van der Waals surface area contributed by atoms with Crippen molar-refractivity contribution in [3.05, 3.63) is 46.4 Å². The van der Waals surface area contributed by atoms with E-state index >= 15 is 0 Å². The Morgan fingerprint density at radius 1 is 1.20 bits per heavy atom. The Kier molecular flexibility index (Phi) is 4.01. The fraction of sp³-hybridized carbons (Fsp3) is 0. The van der Waals surface area contributed by atoms with E-state index in [0.717, 1.165) is 15.2 Å². The molecule has 2 nitrogen and oxygen atoms in total. The Bertz CT molecular complexity index is 511. The summed E-state index contributed by atoms with van der Waals surface area (Å²) in [6.07, 6.45) is 0. The van der Waals surface area contributed by atoms with E-state index in [1.165, 1.54) is 0 Å². The molecule has 0 aliphatic carbocycles. The van der Waals surface area contributed by atoms with E-state index in [0.29, 0.717) is 5.56 Å². The third kappa shape index (κ3) is 2.45. The van der Waals surface area contributed by atoms with Crippen LogP contribution in [0.3, 0.4) is 0 Å². The molecule has 2 aromatic rings. The maximum atomic E-state index is 10.9. The molecule has 0 saturated heterocycles. The van der Waals surface area contributed by atoms with Gasteiger partial charge in [0.15, 0.2) is 0 Å². The van der Waals surface area contributed by atoms with Gasteiger partial charge in [-0.25, -0.2) is 4.79 Å². The van der Waals surface area contributed by atoms with Crippen molar-refractivity contribution in [2.24, 2.45) is 0 Å². The SMILES string of the molecule is O=C(O)c1cccc2ccc(Br)cc12.[Ga]. The van der Waals surface area contributed by atoms with Crippen molar-refractivity contribution in [1.29, 1.82) is 0 Å². The van der Waals surface area contributed by atoms with E-state index in [1.807, 2.05) is 24.3 Å². The number of fused-ring (bicyclic) bond motifs is 1. The van der Waals surface area contributed by atoms with Crippen molar-refractivity contribution < 1.29 is 9.90 Å². The molecule has 0 aliphatic heterocycles. The van der Waals surface area contributed by atoms with Crippen LogP contribution < -0.4 is 0 Å². The largest absolute Gasteiger partial charge is 0.478 e. The summed E-state index contributed by atoms with van der Waals surface area (Å²) >= 11 is 3.32. The maximum Gasteiger partial charge on any atom is 0.336 e. The van der Waals surface area contributed by atoms with Crippen LogP contribution in [0, 0.1) is 0 Å². The number of carbonyl (C=O) groups is 1. The number of carboxylic acid groups (broad SMARTS) is 1. The summed E-state index contributed by atoms with van der Waals surface area (Å²) < 4.78 is 0.888. The van der Waals surface area contributed by atoms with Crippen LogP contribution in [0.15, 0.2) is 40.9 Å². The van der Waals surface area contributed by atoms with Crippen LogP contribution in [0.25, 0.3) is 10.8 Å². The van der Waals surface area contributed by atoms with Crippen LogP contribution in [-0.2, 0) is 0 Å². The summed E-state index contributed by atoms with van der Waals surface area (Å²) in [5.74, 6) is -0.895. The molecule has 0 aromatic heterocycles. The fourth-order valence-electron chi connectivity index (χ4n) is 1.43. The molecule has 0 heterocycles. The number of halogens is 1. The minimum absolute atomic E-state index is 0. The predicted molar refractivity (Wildman–Crippen MR) is 64.4 cm³/mol. The van der Waals surface area contributed by atoms with Gasteiger partial charge in [0.1, 0.15) is 0 Å². The molecule has 0 unspecified atom stereocenters. The Morgan fingerprint density at radius 3 is 2.60 bits per heavy atom. The standard InChI is InChI=1S/C11H7BrO2.Ga/c12-8-5-4-7-2-1-3-9(11(13)14)10(7)6-8;/h1-6H,(H,13,14);. The van der Waals surface area contributed by atoms with E-state index < -0.39 is 5.97 Å². The van der Waals surface area contributed by atoms with Crippen molar-refractivity contribution in [2.45, 2.75) is 0 Å². The van der Waals surface area contributed by atoms with Gasteiger partial charge in [-0.2, -0.15) is 0 Å². The zero-order valence-electron chi connectivity index (χ0n) is 7.77. The van der Waals surface area contributed by atoms with E-state index in [4.69, 9.17) is 5.11 Å². The third-order valence-corrected chi connectivity index (χ3v) is 2.57. The molecule has 0 amide bonds. The summed E-state index contributed by atoms with van der Waals surface area (Å²) in [6.45, 7) is 0. The molecule has 3 radical (unpaired) electrons. The summed E-state index contributed by atoms with van der Waals surface area (Å²) in [5.41, 5.74) is 0.337. The Morgan fingerprint density at radius 2 is 1.93 bits per heavy atom. The molecule has 0 atom stereocenters. The number of carboxylic acids is 1. The first kappa shape index (κ1) is 12.4. The number of hydrogen-bond acceptors (Lipinski definition) is 1. The molecule has 15 heavy (non-hydrogen) atoms. The van der Waals surface area contributed by atoms with Crippen LogP contribution in [0.4, 0.5) is 0 Å². The van der Waals surface area contributed by atoms with Crippen LogP contribution in [0.2, 0.25) is 0 Å². The normalized spacial score (nSPS) is 9.67.